The zero-order valence-corrected chi connectivity index (χ0v) is 11.2. The van der Waals surface area contributed by atoms with E-state index in [4.69, 9.17) is 11.6 Å². The summed E-state index contributed by atoms with van der Waals surface area (Å²) in [5.41, 5.74) is 0.406. The van der Waals surface area contributed by atoms with Gasteiger partial charge < -0.3 is 4.90 Å². The molecule has 0 unspecified atom stereocenters. The molecular weight excluding hydrogens is 264 g/mol. The maximum absolute atomic E-state index is 11.7. The fraction of sp³-hybridized carbons (Fsp3) is 0.308. The van der Waals surface area contributed by atoms with Crippen LogP contribution in [-0.4, -0.2) is 39.1 Å². The Morgan fingerprint density at radius 2 is 1.89 bits per heavy atom. The summed E-state index contributed by atoms with van der Waals surface area (Å²) in [5, 5.41) is 6.72. The molecular formula is C13H15ClN4O. The lowest BCUT2D eigenvalue weighted by Crippen LogP contribution is -2.28. The number of aromatic nitrogens is 3. The van der Waals surface area contributed by atoms with Crippen molar-refractivity contribution in [1.82, 2.24) is 20.1 Å². The number of pyridine rings is 1. The van der Waals surface area contributed by atoms with Gasteiger partial charge >= 0.3 is 0 Å². The summed E-state index contributed by atoms with van der Waals surface area (Å²) in [7, 11) is 0. The number of carbonyl (C=O) groups excluding carboxylic acids is 1. The van der Waals surface area contributed by atoms with Gasteiger partial charge in [0.1, 0.15) is 5.69 Å². The highest BCUT2D eigenvalue weighted by atomic mass is 35.5. The number of nitrogens with one attached hydrogen (secondary N) is 1. The van der Waals surface area contributed by atoms with E-state index in [0.717, 1.165) is 25.9 Å². The van der Waals surface area contributed by atoms with Crippen LogP contribution >= 0.6 is 11.6 Å². The normalized spacial score (nSPS) is 13.8. The van der Waals surface area contributed by atoms with Gasteiger partial charge in [-0.15, -0.1) is 0 Å². The van der Waals surface area contributed by atoms with Gasteiger partial charge in [0.25, 0.3) is 5.91 Å². The molecule has 0 aliphatic carbocycles. The molecule has 19 heavy (non-hydrogen) atoms. The van der Waals surface area contributed by atoms with E-state index < -0.39 is 0 Å². The lowest BCUT2D eigenvalue weighted by atomic mass is 10.4. The van der Waals surface area contributed by atoms with Crippen LogP contribution in [0.25, 0.3) is 0 Å². The molecule has 1 fully saturated rings. The zero-order valence-electron chi connectivity index (χ0n) is 10.4. The number of H-pyrrole nitrogens is 1. The molecule has 0 bridgehead atoms. The van der Waals surface area contributed by atoms with Crippen LogP contribution < -0.4 is 0 Å². The summed E-state index contributed by atoms with van der Waals surface area (Å²) >= 11 is 5.77. The molecule has 2 aromatic rings. The molecule has 3 rings (SSSR count). The van der Waals surface area contributed by atoms with Crippen LogP contribution in [0.1, 0.15) is 23.3 Å². The molecule has 6 heteroatoms. The molecule has 0 radical (unpaired) electrons. The summed E-state index contributed by atoms with van der Waals surface area (Å²) in [6.45, 7) is 1.66. The number of aromatic amines is 1. The third-order valence-electron chi connectivity index (χ3n) is 2.77. The highest BCUT2D eigenvalue weighted by Crippen LogP contribution is 2.17. The Morgan fingerprint density at radius 3 is 2.32 bits per heavy atom. The first-order valence-electron chi connectivity index (χ1n) is 6.12. The van der Waals surface area contributed by atoms with Crippen molar-refractivity contribution in [2.75, 3.05) is 13.1 Å². The Balaban J connectivity index is 0.000000186. The monoisotopic (exact) mass is 278 g/mol. The lowest BCUT2D eigenvalue weighted by molar-refractivity contribution is 0.0787. The predicted molar refractivity (Wildman–Crippen MR) is 73.0 cm³/mol. The molecule has 5 nitrogen and oxygen atoms in total. The second kappa shape index (κ2) is 6.89. The highest BCUT2D eigenvalue weighted by molar-refractivity contribution is 6.33. The average Bonchev–Trinajstić information content (AvgIpc) is 3.12. The van der Waals surface area contributed by atoms with Crippen LogP contribution in [0.15, 0.2) is 36.8 Å². The number of nitrogens with zero attached hydrogens (tertiary/aromatic N) is 3. The van der Waals surface area contributed by atoms with Crippen molar-refractivity contribution >= 4 is 17.5 Å². The standard InChI is InChI=1S/C8H10ClN3O.C5H5N/c9-6-5-10-11-7(6)8(13)12-3-1-2-4-12;1-2-4-6-5-3-1/h5H,1-4H2,(H,10,11);1-5H. The number of hydrogen-bond donors (Lipinski definition) is 1. The smallest absolute Gasteiger partial charge is 0.273 e. The van der Waals surface area contributed by atoms with E-state index in [9.17, 15) is 4.79 Å². The van der Waals surface area contributed by atoms with E-state index in [-0.39, 0.29) is 5.91 Å². The van der Waals surface area contributed by atoms with Gasteiger partial charge in [-0.3, -0.25) is 14.9 Å². The molecule has 0 aromatic carbocycles. The number of rotatable bonds is 1. The largest absolute Gasteiger partial charge is 0.337 e. The summed E-state index contributed by atoms with van der Waals surface area (Å²) in [6.07, 6.45) is 7.11. The first-order chi connectivity index (χ1) is 9.29. The maximum atomic E-state index is 11.7. The third-order valence-corrected chi connectivity index (χ3v) is 3.05. The van der Waals surface area contributed by atoms with Gasteiger partial charge in [-0.1, -0.05) is 17.7 Å². The molecule has 0 atom stereocenters. The molecule has 0 saturated carbocycles. The van der Waals surface area contributed by atoms with Crippen LogP contribution in [0, 0.1) is 0 Å². The third kappa shape index (κ3) is 3.79. The number of carbonyl (C=O) groups is 1. The SMILES string of the molecule is O=C(c1[nH]ncc1Cl)N1CCCC1.c1ccncc1. The molecule has 1 N–H and O–H groups in total. The number of hydrogen-bond acceptors (Lipinski definition) is 3. The molecule has 100 valence electrons. The summed E-state index contributed by atoms with van der Waals surface area (Å²) < 4.78 is 0. The Morgan fingerprint density at radius 1 is 1.21 bits per heavy atom. The Kier molecular flexibility index (Phi) is 4.92. The van der Waals surface area contributed by atoms with Gasteiger partial charge in [0.2, 0.25) is 0 Å². The van der Waals surface area contributed by atoms with E-state index >= 15 is 0 Å². The van der Waals surface area contributed by atoms with Crippen molar-refractivity contribution in [3.05, 3.63) is 47.5 Å². The van der Waals surface area contributed by atoms with Crippen molar-refractivity contribution in [2.45, 2.75) is 12.8 Å². The minimum Gasteiger partial charge on any atom is -0.337 e. The second-order valence-electron chi connectivity index (χ2n) is 4.12. The molecule has 1 aliphatic heterocycles. The van der Waals surface area contributed by atoms with E-state index in [1.807, 2.05) is 18.2 Å². The van der Waals surface area contributed by atoms with Crippen molar-refractivity contribution in [3.63, 3.8) is 0 Å². The predicted octanol–water partition coefficient (Wildman–Crippen LogP) is 2.38. The average molecular weight is 279 g/mol. The second-order valence-corrected chi connectivity index (χ2v) is 4.52. The number of halogens is 1. The van der Waals surface area contributed by atoms with E-state index in [1.165, 1.54) is 6.20 Å². The van der Waals surface area contributed by atoms with Gasteiger partial charge in [0.05, 0.1) is 11.2 Å². The van der Waals surface area contributed by atoms with Gasteiger partial charge in [0, 0.05) is 25.5 Å². The molecule has 3 heterocycles. The highest BCUT2D eigenvalue weighted by Gasteiger charge is 2.22. The van der Waals surface area contributed by atoms with Crippen molar-refractivity contribution in [3.8, 4) is 0 Å². The van der Waals surface area contributed by atoms with Crippen LogP contribution in [0.3, 0.4) is 0 Å². The maximum Gasteiger partial charge on any atom is 0.273 e. The van der Waals surface area contributed by atoms with Crippen LogP contribution in [-0.2, 0) is 0 Å². The molecule has 2 aromatic heterocycles. The minimum atomic E-state index is -0.0417. The van der Waals surface area contributed by atoms with Gasteiger partial charge in [-0.2, -0.15) is 5.10 Å². The summed E-state index contributed by atoms with van der Waals surface area (Å²) in [6, 6.07) is 5.72. The van der Waals surface area contributed by atoms with Crippen LogP contribution in [0.2, 0.25) is 5.02 Å². The quantitative estimate of drug-likeness (QED) is 0.871. The van der Waals surface area contributed by atoms with Crippen molar-refractivity contribution in [1.29, 1.82) is 0 Å². The van der Waals surface area contributed by atoms with E-state index in [2.05, 4.69) is 15.2 Å². The first-order valence-corrected chi connectivity index (χ1v) is 6.50. The molecule has 1 saturated heterocycles. The lowest BCUT2D eigenvalue weighted by Gasteiger charge is -2.13. The molecule has 1 amide bonds. The summed E-state index contributed by atoms with van der Waals surface area (Å²) in [5.74, 6) is -0.0417. The van der Waals surface area contributed by atoms with Crippen molar-refractivity contribution in [2.24, 2.45) is 0 Å². The van der Waals surface area contributed by atoms with Gasteiger partial charge in [-0.25, -0.2) is 0 Å². The van der Waals surface area contributed by atoms with Crippen LogP contribution in [0.4, 0.5) is 0 Å². The first kappa shape index (κ1) is 13.5. The van der Waals surface area contributed by atoms with Gasteiger partial charge in [0.15, 0.2) is 0 Å². The van der Waals surface area contributed by atoms with Crippen LogP contribution in [0.5, 0.6) is 0 Å². The summed E-state index contributed by atoms with van der Waals surface area (Å²) in [4.78, 5) is 17.3. The van der Waals surface area contributed by atoms with Gasteiger partial charge in [-0.05, 0) is 25.0 Å². The topological polar surface area (TPSA) is 61.9 Å². The van der Waals surface area contributed by atoms with E-state index in [1.54, 1.807) is 17.3 Å². The Bertz CT molecular complexity index is 482. The minimum absolute atomic E-state index is 0.0417. The molecule has 1 aliphatic rings. The Hall–Kier alpha value is -1.88. The van der Waals surface area contributed by atoms with E-state index in [0.29, 0.717) is 10.7 Å². The molecule has 0 spiro atoms. The van der Waals surface area contributed by atoms with Crippen molar-refractivity contribution < 1.29 is 4.79 Å². The fourth-order valence-corrected chi connectivity index (χ4v) is 1.98. The fourth-order valence-electron chi connectivity index (χ4n) is 1.81. The number of likely N-dealkylation sites (tertiary alicyclic amines) is 1. The number of amides is 1. The zero-order chi connectivity index (χ0) is 13.5. The Labute approximate surface area is 116 Å².